The zero-order valence-corrected chi connectivity index (χ0v) is 19.6. The van der Waals surface area contributed by atoms with E-state index in [4.69, 9.17) is 9.51 Å². The number of fused-ring (bicyclic) bond motifs is 1. The Bertz CT molecular complexity index is 1280. The first-order chi connectivity index (χ1) is 14.6. The van der Waals surface area contributed by atoms with Gasteiger partial charge in [0.1, 0.15) is 0 Å². The van der Waals surface area contributed by atoms with E-state index in [1.165, 1.54) is 4.88 Å². The maximum absolute atomic E-state index is 13.4. The van der Waals surface area contributed by atoms with Crippen LogP contribution >= 0.6 is 11.3 Å². The highest BCUT2D eigenvalue weighted by Gasteiger charge is 2.30. The summed E-state index contributed by atoms with van der Waals surface area (Å²) in [6.45, 7) is 13.6. The monoisotopic (exact) mass is 438 g/mol. The van der Waals surface area contributed by atoms with Crippen LogP contribution in [0.3, 0.4) is 0 Å². The van der Waals surface area contributed by atoms with Crippen molar-refractivity contribution in [2.45, 2.75) is 60.0 Å². The number of carbonyl (C=O) groups excluding carboxylic acids is 1. The molecule has 4 rings (SSSR count). The van der Waals surface area contributed by atoms with Crippen molar-refractivity contribution in [1.82, 2.24) is 30.2 Å². The normalized spacial score (nSPS) is 12.1. The molecule has 0 fully saturated rings. The molecular weight excluding hydrogens is 412 g/mol. The first-order valence-electron chi connectivity index (χ1n) is 10.2. The van der Waals surface area contributed by atoms with Gasteiger partial charge in [-0.15, -0.1) is 11.3 Å². The molecule has 0 saturated heterocycles. The summed E-state index contributed by atoms with van der Waals surface area (Å²) < 4.78 is 6.94. The summed E-state index contributed by atoms with van der Waals surface area (Å²) >= 11 is 1.72. The Labute approximate surface area is 184 Å². The van der Waals surface area contributed by atoms with Crippen LogP contribution in [0.25, 0.3) is 22.3 Å². The first kappa shape index (κ1) is 21.2. The van der Waals surface area contributed by atoms with E-state index in [9.17, 15) is 4.79 Å². The number of thiophene rings is 1. The largest absolute Gasteiger partial charge is 0.340 e. The molecule has 0 spiro atoms. The lowest BCUT2D eigenvalue weighted by Gasteiger charge is -2.22. The molecule has 8 nitrogen and oxygen atoms in total. The fourth-order valence-electron chi connectivity index (χ4n) is 3.57. The van der Waals surface area contributed by atoms with Gasteiger partial charge in [0, 0.05) is 28.3 Å². The van der Waals surface area contributed by atoms with Crippen LogP contribution in [0.15, 0.2) is 22.9 Å². The number of nitrogens with zero attached hydrogens (tertiary/aromatic N) is 5. The number of hydrogen-bond donors (Lipinski definition) is 1. The molecule has 0 aliphatic carbocycles. The summed E-state index contributed by atoms with van der Waals surface area (Å²) in [5.41, 5.74) is 2.18. The molecule has 31 heavy (non-hydrogen) atoms. The standard InChI is InChI=1S/C22H26N6O2S/c1-11(2)28-19-17(10-23-28)16(9-18(25-19)15-8-12(3)31-13(15)4)20(29)26-22(6,7)21-24-14(5)30-27-21/h8-11H,1-7H3,(H,26,29). The van der Waals surface area contributed by atoms with Gasteiger partial charge in [-0.1, -0.05) is 5.16 Å². The number of aromatic nitrogens is 5. The van der Waals surface area contributed by atoms with Gasteiger partial charge in [0.2, 0.25) is 5.89 Å². The minimum atomic E-state index is -0.812. The number of rotatable bonds is 5. The Morgan fingerprint density at radius 3 is 2.52 bits per heavy atom. The predicted molar refractivity (Wildman–Crippen MR) is 120 cm³/mol. The Balaban J connectivity index is 1.84. The summed E-state index contributed by atoms with van der Waals surface area (Å²) in [6.07, 6.45) is 1.71. The molecule has 9 heteroatoms. The number of nitrogens with one attached hydrogen (secondary N) is 1. The third-order valence-electron chi connectivity index (χ3n) is 5.13. The van der Waals surface area contributed by atoms with E-state index in [-0.39, 0.29) is 11.9 Å². The Hall–Kier alpha value is -3.07. The highest BCUT2D eigenvalue weighted by molar-refractivity contribution is 7.12. The minimum Gasteiger partial charge on any atom is -0.340 e. The van der Waals surface area contributed by atoms with Crippen LogP contribution in [0, 0.1) is 20.8 Å². The third kappa shape index (κ3) is 3.85. The van der Waals surface area contributed by atoms with Gasteiger partial charge in [0.05, 0.1) is 28.4 Å². The summed E-state index contributed by atoms with van der Waals surface area (Å²) in [6, 6.07) is 4.06. The smallest absolute Gasteiger partial charge is 0.252 e. The SMILES string of the molecule is Cc1nc(C(C)(C)NC(=O)c2cc(-c3cc(C)sc3C)nc3c2cnn3C(C)C)no1. The van der Waals surface area contributed by atoms with Gasteiger partial charge in [-0.25, -0.2) is 9.67 Å². The van der Waals surface area contributed by atoms with Gasteiger partial charge in [-0.2, -0.15) is 10.1 Å². The zero-order chi connectivity index (χ0) is 22.5. The molecule has 4 aromatic rings. The Kier molecular flexibility index (Phi) is 5.17. The Morgan fingerprint density at radius 1 is 1.19 bits per heavy atom. The van der Waals surface area contributed by atoms with Crippen LogP contribution in [0.2, 0.25) is 0 Å². The highest BCUT2D eigenvalue weighted by atomic mass is 32.1. The second kappa shape index (κ2) is 7.56. The first-order valence-corrected chi connectivity index (χ1v) is 11.0. The van der Waals surface area contributed by atoms with Crippen LogP contribution in [0.4, 0.5) is 0 Å². The fraction of sp³-hybridized carbons (Fsp3) is 0.409. The van der Waals surface area contributed by atoms with Crippen molar-refractivity contribution in [3.8, 4) is 11.3 Å². The van der Waals surface area contributed by atoms with Crippen LogP contribution in [-0.4, -0.2) is 30.8 Å². The maximum Gasteiger partial charge on any atom is 0.252 e. The van der Waals surface area contributed by atoms with Crippen molar-refractivity contribution < 1.29 is 9.32 Å². The molecule has 1 N–H and O–H groups in total. The fourth-order valence-corrected chi connectivity index (χ4v) is 4.50. The summed E-state index contributed by atoms with van der Waals surface area (Å²) in [5, 5.41) is 12.2. The molecule has 0 atom stereocenters. The van der Waals surface area contributed by atoms with E-state index in [0.29, 0.717) is 28.3 Å². The second-order valence-corrected chi connectivity index (χ2v) is 9.98. The van der Waals surface area contributed by atoms with Crippen LogP contribution in [0.1, 0.15) is 65.6 Å². The van der Waals surface area contributed by atoms with Crippen LogP contribution < -0.4 is 5.32 Å². The van der Waals surface area contributed by atoms with E-state index in [2.05, 4.69) is 40.5 Å². The van der Waals surface area contributed by atoms with Gasteiger partial charge >= 0.3 is 0 Å². The molecule has 4 heterocycles. The van der Waals surface area contributed by atoms with Crippen molar-refractivity contribution in [3.63, 3.8) is 0 Å². The van der Waals surface area contributed by atoms with Crippen molar-refractivity contribution >= 4 is 28.3 Å². The zero-order valence-electron chi connectivity index (χ0n) is 18.8. The molecule has 0 saturated carbocycles. The van der Waals surface area contributed by atoms with E-state index >= 15 is 0 Å². The van der Waals surface area contributed by atoms with Gasteiger partial charge in [0.25, 0.3) is 5.91 Å². The number of aryl methyl sites for hydroxylation is 3. The van der Waals surface area contributed by atoms with E-state index in [0.717, 1.165) is 16.1 Å². The maximum atomic E-state index is 13.4. The molecule has 0 unspecified atom stereocenters. The minimum absolute atomic E-state index is 0.111. The van der Waals surface area contributed by atoms with E-state index < -0.39 is 5.54 Å². The van der Waals surface area contributed by atoms with Crippen molar-refractivity contribution in [3.05, 3.63) is 45.4 Å². The molecule has 0 aromatic carbocycles. The lowest BCUT2D eigenvalue weighted by molar-refractivity contribution is 0.0909. The van der Waals surface area contributed by atoms with Crippen molar-refractivity contribution in [2.24, 2.45) is 0 Å². The average molecular weight is 439 g/mol. The second-order valence-electron chi connectivity index (χ2n) is 8.52. The van der Waals surface area contributed by atoms with Gasteiger partial charge in [-0.05, 0) is 53.7 Å². The summed E-state index contributed by atoms with van der Waals surface area (Å²) in [5.74, 6) is 0.632. The van der Waals surface area contributed by atoms with Crippen molar-refractivity contribution in [2.75, 3.05) is 0 Å². The molecule has 4 aromatic heterocycles. The summed E-state index contributed by atoms with van der Waals surface area (Å²) in [7, 11) is 0. The number of pyridine rings is 1. The number of hydrogen-bond acceptors (Lipinski definition) is 7. The molecule has 0 radical (unpaired) electrons. The van der Waals surface area contributed by atoms with E-state index in [1.807, 2.05) is 38.4 Å². The molecule has 0 aliphatic heterocycles. The van der Waals surface area contributed by atoms with Crippen molar-refractivity contribution in [1.29, 1.82) is 0 Å². The topological polar surface area (TPSA) is 98.7 Å². The molecule has 0 aliphatic rings. The highest BCUT2D eigenvalue weighted by Crippen LogP contribution is 2.33. The molecule has 0 bridgehead atoms. The lowest BCUT2D eigenvalue weighted by atomic mass is 10.0. The molecule has 1 amide bonds. The number of amides is 1. The van der Waals surface area contributed by atoms with Gasteiger partial charge < -0.3 is 9.84 Å². The molecular formula is C22H26N6O2S. The van der Waals surface area contributed by atoms with Gasteiger partial charge in [-0.3, -0.25) is 4.79 Å². The quantitative estimate of drug-likeness (QED) is 0.484. The Morgan fingerprint density at radius 2 is 1.94 bits per heavy atom. The van der Waals surface area contributed by atoms with E-state index in [1.54, 1.807) is 24.5 Å². The van der Waals surface area contributed by atoms with Crippen LogP contribution in [-0.2, 0) is 5.54 Å². The number of carbonyl (C=O) groups is 1. The van der Waals surface area contributed by atoms with Gasteiger partial charge in [0.15, 0.2) is 11.5 Å². The predicted octanol–water partition coefficient (Wildman–Crippen LogP) is 4.71. The molecule has 162 valence electrons. The average Bonchev–Trinajstić information content (AvgIpc) is 3.38. The van der Waals surface area contributed by atoms with Crippen LogP contribution in [0.5, 0.6) is 0 Å². The summed E-state index contributed by atoms with van der Waals surface area (Å²) in [4.78, 5) is 25.0. The lowest BCUT2D eigenvalue weighted by Crippen LogP contribution is -2.42. The third-order valence-corrected chi connectivity index (χ3v) is 6.10.